The number of carbonyl (C=O) groups is 2. The van der Waals surface area contributed by atoms with Gasteiger partial charge in [0.1, 0.15) is 0 Å². The van der Waals surface area contributed by atoms with E-state index in [0.29, 0.717) is 32.6 Å². The fourth-order valence-corrected chi connectivity index (χ4v) is 3.50. The molecule has 4 nitrogen and oxygen atoms in total. The van der Waals surface area contributed by atoms with Crippen LogP contribution >= 0.6 is 0 Å². The number of rotatable bonds is 5. The minimum absolute atomic E-state index is 0.116. The first-order valence-corrected chi connectivity index (χ1v) is 9.37. The first-order chi connectivity index (χ1) is 12.7. The number of benzene rings is 2. The first-order valence-electron chi connectivity index (χ1n) is 9.37. The van der Waals surface area contributed by atoms with Gasteiger partial charge < -0.3 is 9.80 Å². The van der Waals surface area contributed by atoms with Crippen LogP contribution in [0.25, 0.3) is 0 Å². The fourth-order valence-electron chi connectivity index (χ4n) is 3.50. The molecule has 0 saturated carbocycles. The summed E-state index contributed by atoms with van der Waals surface area (Å²) in [6.45, 7) is 4.47. The molecule has 0 radical (unpaired) electrons. The Balaban J connectivity index is 1.76. The number of hydrogen-bond acceptors (Lipinski definition) is 2. The zero-order valence-electron chi connectivity index (χ0n) is 15.3. The Kier molecular flexibility index (Phi) is 6.05. The van der Waals surface area contributed by atoms with Crippen molar-refractivity contribution in [3.8, 4) is 0 Å². The zero-order chi connectivity index (χ0) is 18.4. The van der Waals surface area contributed by atoms with Crippen LogP contribution in [0.2, 0.25) is 0 Å². The summed E-state index contributed by atoms with van der Waals surface area (Å²) in [4.78, 5) is 29.2. The molecule has 0 N–H and O–H groups in total. The first kappa shape index (κ1) is 18.2. The predicted molar refractivity (Wildman–Crippen MR) is 103 cm³/mol. The molecule has 0 atom stereocenters. The summed E-state index contributed by atoms with van der Waals surface area (Å²) in [6.07, 6.45) is 1.45. The molecule has 136 valence electrons. The topological polar surface area (TPSA) is 40.6 Å². The van der Waals surface area contributed by atoms with Gasteiger partial charge in [-0.15, -0.1) is 0 Å². The Hall–Kier alpha value is -2.62. The van der Waals surface area contributed by atoms with Crippen molar-refractivity contribution in [1.82, 2.24) is 9.80 Å². The average Bonchev–Trinajstić information content (AvgIpc) is 2.70. The van der Waals surface area contributed by atoms with Crippen molar-refractivity contribution in [3.63, 3.8) is 0 Å². The van der Waals surface area contributed by atoms with Crippen molar-refractivity contribution in [2.75, 3.05) is 26.2 Å². The van der Waals surface area contributed by atoms with Crippen molar-refractivity contribution in [2.24, 2.45) is 0 Å². The standard InChI is InChI=1S/C22H26N2O2/c1-2-9-20(25)23-14-16-24(17-15-23)22(26)21(18-10-5-3-6-11-18)19-12-7-4-8-13-19/h3-8,10-13,21H,2,9,14-17H2,1H3. The SMILES string of the molecule is CCCC(=O)N1CCN(C(=O)C(c2ccccc2)c2ccccc2)CC1. The van der Waals surface area contributed by atoms with E-state index >= 15 is 0 Å². The van der Waals surface area contributed by atoms with Gasteiger partial charge in [0.25, 0.3) is 0 Å². The average molecular weight is 350 g/mol. The highest BCUT2D eigenvalue weighted by Crippen LogP contribution is 2.27. The highest BCUT2D eigenvalue weighted by molar-refractivity contribution is 5.87. The Morgan fingerprint density at radius 2 is 1.27 bits per heavy atom. The van der Waals surface area contributed by atoms with Crippen LogP contribution in [0.4, 0.5) is 0 Å². The minimum atomic E-state index is -0.296. The summed E-state index contributed by atoms with van der Waals surface area (Å²) >= 11 is 0. The number of carbonyl (C=O) groups excluding carboxylic acids is 2. The third-order valence-corrected chi connectivity index (χ3v) is 4.92. The van der Waals surface area contributed by atoms with E-state index in [9.17, 15) is 9.59 Å². The molecule has 0 bridgehead atoms. The van der Waals surface area contributed by atoms with Crippen LogP contribution in [0, 0.1) is 0 Å². The van der Waals surface area contributed by atoms with Crippen LogP contribution in [-0.2, 0) is 9.59 Å². The van der Waals surface area contributed by atoms with Gasteiger partial charge in [-0.2, -0.15) is 0 Å². The van der Waals surface area contributed by atoms with E-state index in [4.69, 9.17) is 0 Å². The summed E-state index contributed by atoms with van der Waals surface area (Å²) < 4.78 is 0. The molecule has 1 aliphatic heterocycles. The summed E-state index contributed by atoms with van der Waals surface area (Å²) in [5, 5.41) is 0. The summed E-state index contributed by atoms with van der Waals surface area (Å²) in [5.74, 6) is 0.0163. The largest absolute Gasteiger partial charge is 0.339 e. The highest BCUT2D eigenvalue weighted by Gasteiger charge is 2.30. The van der Waals surface area contributed by atoms with E-state index in [0.717, 1.165) is 17.5 Å². The highest BCUT2D eigenvalue weighted by atomic mass is 16.2. The van der Waals surface area contributed by atoms with E-state index < -0.39 is 0 Å². The molecule has 0 unspecified atom stereocenters. The third kappa shape index (κ3) is 4.13. The molecule has 1 heterocycles. The van der Waals surface area contributed by atoms with Gasteiger partial charge >= 0.3 is 0 Å². The van der Waals surface area contributed by atoms with E-state index in [2.05, 4.69) is 0 Å². The molecule has 26 heavy (non-hydrogen) atoms. The van der Waals surface area contributed by atoms with Crippen LogP contribution in [0.5, 0.6) is 0 Å². The maximum atomic E-state index is 13.3. The summed E-state index contributed by atoms with van der Waals surface area (Å²) in [6, 6.07) is 19.9. The van der Waals surface area contributed by atoms with Crippen LogP contribution in [0.3, 0.4) is 0 Å². The zero-order valence-corrected chi connectivity index (χ0v) is 15.3. The lowest BCUT2D eigenvalue weighted by Crippen LogP contribution is -2.51. The van der Waals surface area contributed by atoms with Gasteiger partial charge in [0.15, 0.2) is 0 Å². The molecule has 2 aromatic carbocycles. The fraction of sp³-hybridized carbons (Fsp3) is 0.364. The van der Waals surface area contributed by atoms with Gasteiger partial charge in [0.2, 0.25) is 11.8 Å². The van der Waals surface area contributed by atoms with Crippen molar-refractivity contribution in [3.05, 3.63) is 71.8 Å². The lowest BCUT2D eigenvalue weighted by molar-refractivity contribution is -0.139. The molecule has 1 saturated heterocycles. The van der Waals surface area contributed by atoms with Crippen molar-refractivity contribution in [1.29, 1.82) is 0 Å². The second-order valence-corrected chi connectivity index (χ2v) is 6.71. The lowest BCUT2D eigenvalue weighted by atomic mass is 9.90. The number of nitrogens with zero attached hydrogens (tertiary/aromatic N) is 2. The molecule has 2 aromatic rings. The number of hydrogen-bond donors (Lipinski definition) is 0. The predicted octanol–water partition coefficient (Wildman–Crippen LogP) is 3.29. The van der Waals surface area contributed by atoms with Gasteiger partial charge in [-0.1, -0.05) is 67.6 Å². The lowest BCUT2D eigenvalue weighted by Gasteiger charge is -2.36. The summed E-state index contributed by atoms with van der Waals surface area (Å²) in [5.41, 5.74) is 2.02. The van der Waals surface area contributed by atoms with Gasteiger partial charge in [-0.3, -0.25) is 9.59 Å². The molecule has 0 spiro atoms. The van der Waals surface area contributed by atoms with Crippen molar-refractivity contribution >= 4 is 11.8 Å². The molecule has 2 amide bonds. The third-order valence-electron chi connectivity index (χ3n) is 4.92. The van der Waals surface area contributed by atoms with Crippen LogP contribution < -0.4 is 0 Å². The van der Waals surface area contributed by atoms with E-state index in [1.165, 1.54) is 0 Å². The molecular formula is C22H26N2O2. The maximum absolute atomic E-state index is 13.3. The maximum Gasteiger partial charge on any atom is 0.234 e. The monoisotopic (exact) mass is 350 g/mol. The van der Waals surface area contributed by atoms with Gasteiger partial charge in [0.05, 0.1) is 5.92 Å². The van der Waals surface area contributed by atoms with Crippen LogP contribution in [-0.4, -0.2) is 47.8 Å². The molecule has 3 rings (SSSR count). The second-order valence-electron chi connectivity index (χ2n) is 6.71. The van der Waals surface area contributed by atoms with Gasteiger partial charge in [-0.25, -0.2) is 0 Å². The van der Waals surface area contributed by atoms with E-state index in [1.54, 1.807) is 0 Å². The summed E-state index contributed by atoms with van der Waals surface area (Å²) in [7, 11) is 0. The quantitative estimate of drug-likeness (QED) is 0.830. The number of piperazine rings is 1. The number of amides is 2. The van der Waals surface area contributed by atoms with Crippen molar-refractivity contribution < 1.29 is 9.59 Å². The molecule has 0 aliphatic carbocycles. The van der Waals surface area contributed by atoms with Crippen LogP contribution in [0.15, 0.2) is 60.7 Å². The van der Waals surface area contributed by atoms with Crippen LogP contribution in [0.1, 0.15) is 36.8 Å². The molecule has 1 fully saturated rings. The molecule has 0 aromatic heterocycles. The van der Waals surface area contributed by atoms with Crippen molar-refractivity contribution in [2.45, 2.75) is 25.7 Å². The molecule has 1 aliphatic rings. The normalized spacial score (nSPS) is 14.5. The molecule has 4 heteroatoms. The molecular weight excluding hydrogens is 324 g/mol. The Bertz CT molecular complexity index is 683. The Morgan fingerprint density at radius 1 is 0.808 bits per heavy atom. The van der Waals surface area contributed by atoms with E-state index in [-0.39, 0.29) is 17.7 Å². The van der Waals surface area contributed by atoms with E-state index in [1.807, 2.05) is 77.4 Å². The smallest absolute Gasteiger partial charge is 0.234 e. The van der Waals surface area contributed by atoms with Gasteiger partial charge in [-0.05, 0) is 17.5 Å². The Labute approximate surface area is 155 Å². The van der Waals surface area contributed by atoms with Gasteiger partial charge in [0, 0.05) is 32.6 Å². The Morgan fingerprint density at radius 3 is 1.73 bits per heavy atom. The minimum Gasteiger partial charge on any atom is -0.339 e. The second kappa shape index (κ2) is 8.65.